The second-order valence-corrected chi connectivity index (χ2v) is 7.09. The zero-order valence-corrected chi connectivity index (χ0v) is 13.8. The van der Waals surface area contributed by atoms with Gasteiger partial charge < -0.3 is 14.2 Å². The summed E-state index contributed by atoms with van der Waals surface area (Å²) in [6.45, 7) is 3.94. The highest BCUT2D eigenvalue weighted by molar-refractivity contribution is 5.84. The van der Waals surface area contributed by atoms with E-state index in [0.29, 0.717) is 12.8 Å². The van der Waals surface area contributed by atoms with Crippen molar-refractivity contribution in [2.75, 3.05) is 0 Å². The fourth-order valence-electron chi connectivity index (χ4n) is 4.02. The summed E-state index contributed by atoms with van der Waals surface area (Å²) in [4.78, 5) is 26.2. The lowest BCUT2D eigenvalue weighted by Crippen LogP contribution is -2.51. The van der Waals surface area contributed by atoms with Gasteiger partial charge in [0.25, 0.3) is 0 Å². The zero-order chi connectivity index (χ0) is 16.9. The Bertz CT molecular complexity index is 633. The van der Waals surface area contributed by atoms with Crippen LogP contribution in [0.15, 0.2) is 30.3 Å². The largest absolute Gasteiger partial charge is 0.445 e. The van der Waals surface area contributed by atoms with Gasteiger partial charge in [-0.3, -0.25) is 9.69 Å². The number of nitrogens with zero attached hydrogens (tertiary/aromatic N) is 1. The van der Waals surface area contributed by atoms with E-state index in [1.807, 2.05) is 44.2 Å². The van der Waals surface area contributed by atoms with Crippen molar-refractivity contribution in [3.63, 3.8) is 0 Å². The van der Waals surface area contributed by atoms with Crippen LogP contribution in [0.2, 0.25) is 0 Å². The molecule has 6 heteroatoms. The average molecular weight is 331 g/mol. The fraction of sp³-hybridized carbons (Fsp3) is 0.556. The third-order valence-electron chi connectivity index (χ3n) is 4.93. The molecule has 1 aromatic rings. The number of hydrogen-bond donors (Lipinski definition) is 0. The van der Waals surface area contributed by atoms with E-state index in [-0.39, 0.29) is 36.7 Å². The van der Waals surface area contributed by atoms with Crippen LogP contribution in [-0.2, 0) is 25.6 Å². The number of ether oxygens (including phenoxy) is 3. The maximum atomic E-state index is 12.6. The van der Waals surface area contributed by atoms with Crippen LogP contribution in [0.4, 0.5) is 4.79 Å². The van der Waals surface area contributed by atoms with E-state index in [1.165, 1.54) is 0 Å². The van der Waals surface area contributed by atoms with Gasteiger partial charge in [0, 0.05) is 12.8 Å². The second kappa shape index (κ2) is 5.57. The highest BCUT2D eigenvalue weighted by Gasteiger charge is 2.62. The van der Waals surface area contributed by atoms with Crippen LogP contribution >= 0.6 is 0 Å². The van der Waals surface area contributed by atoms with E-state index in [0.717, 1.165) is 5.56 Å². The smallest absolute Gasteiger partial charge is 0.410 e. The molecule has 1 amide bonds. The first-order valence-electron chi connectivity index (χ1n) is 8.31. The van der Waals surface area contributed by atoms with Gasteiger partial charge in [-0.25, -0.2) is 4.79 Å². The van der Waals surface area contributed by atoms with Gasteiger partial charge in [-0.2, -0.15) is 0 Å². The molecule has 3 heterocycles. The molecular weight excluding hydrogens is 310 g/mol. The molecule has 4 rings (SSSR count). The predicted molar refractivity (Wildman–Crippen MR) is 84.1 cm³/mol. The number of amides is 1. The Morgan fingerprint density at radius 3 is 2.33 bits per heavy atom. The summed E-state index contributed by atoms with van der Waals surface area (Å²) >= 11 is 0. The summed E-state index contributed by atoms with van der Waals surface area (Å²) in [5.41, 5.74) is 0.931. The molecule has 24 heavy (non-hydrogen) atoms. The van der Waals surface area contributed by atoms with Gasteiger partial charge in [-0.1, -0.05) is 30.3 Å². The zero-order valence-electron chi connectivity index (χ0n) is 13.8. The van der Waals surface area contributed by atoms with Crippen molar-refractivity contribution in [3.05, 3.63) is 35.9 Å². The van der Waals surface area contributed by atoms with Gasteiger partial charge in [0.15, 0.2) is 5.79 Å². The Balaban J connectivity index is 1.49. The van der Waals surface area contributed by atoms with Crippen molar-refractivity contribution in [1.29, 1.82) is 0 Å². The lowest BCUT2D eigenvalue weighted by Gasteiger charge is -2.36. The number of carbonyl (C=O) groups excluding carboxylic acids is 2. The Labute approximate surface area is 140 Å². The first kappa shape index (κ1) is 15.6. The Morgan fingerprint density at radius 2 is 1.75 bits per heavy atom. The molecule has 3 aliphatic rings. The van der Waals surface area contributed by atoms with Crippen LogP contribution in [0.25, 0.3) is 0 Å². The number of carbonyl (C=O) groups is 2. The number of rotatable bonds is 2. The summed E-state index contributed by atoms with van der Waals surface area (Å²) in [5.74, 6) is -0.525. The van der Waals surface area contributed by atoms with E-state index >= 15 is 0 Å². The molecule has 2 bridgehead atoms. The number of fused-ring (bicyclic) bond motifs is 5. The topological polar surface area (TPSA) is 65.1 Å². The van der Waals surface area contributed by atoms with Gasteiger partial charge in [-0.05, 0) is 19.4 Å². The molecule has 3 aliphatic heterocycles. The minimum absolute atomic E-state index is 0.150. The van der Waals surface area contributed by atoms with Crippen LogP contribution in [0.3, 0.4) is 0 Å². The Hall–Kier alpha value is -1.92. The van der Waals surface area contributed by atoms with Gasteiger partial charge in [0.05, 0.1) is 12.1 Å². The third-order valence-corrected chi connectivity index (χ3v) is 4.93. The molecule has 1 aromatic carbocycles. The van der Waals surface area contributed by atoms with Crippen LogP contribution in [0, 0.1) is 0 Å². The summed E-state index contributed by atoms with van der Waals surface area (Å²) in [6.07, 6.45) is -0.322. The first-order valence-corrected chi connectivity index (χ1v) is 8.31. The normalized spacial score (nSPS) is 33.4. The molecule has 0 aromatic heterocycles. The number of benzene rings is 1. The highest BCUT2D eigenvalue weighted by Crippen LogP contribution is 2.45. The van der Waals surface area contributed by atoms with E-state index in [9.17, 15) is 9.59 Å². The van der Waals surface area contributed by atoms with Gasteiger partial charge in [0.2, 0.25) is 0 Å². The van der Waals surface area contributed by atoms with E-state index in [1.54, 1.807) is 4.90 Å². The molecule has 3 fully saturated rings. The molecule has 0 spiro atoms. The maximum absolute atomic E-state index is 12.6. The number of Topliss-reactive ketones (excluding diaryl/α,β-unsaturated/α-hetero) is 1. The lowest BCUT2D eigenvalue weighted by atomic mass is 10.0. The van der Waals surface area contributed by atoms with Crippen LogP contribution in [-0.4, -0.2) is 46.9 Å². The first-order chi connectivity index (χ1) is 11.4. The monoisotopic (exact) mass is 331 g/mol. The maximum Gasteiger partial charge on any atom is 0.410 e. The van der Waals surface area contributed by atoms with Gasteiger partial charge in [-0.15, -0.1) is 0 Å². The SMILES string of the molecule is CC1(C)O[C@@H]2[C@H](O1)[C@H]1CC(=O)C[C@@H]2N1C(=O)OCc1ccccc1. The summed E-state index contributed by atoms with van der Waals surface area (Å²) in [5, 5.41) is 0. The van der Waals surface area contributed by atoms with Crippen LogP contribution in [0.5, 0.6) is 0 Å². The highest BCUT2D eigenvalue weighted by atomic mass is 16.8. The van der Waals surface area contributed by atoms with Gasteiger partial charge in [0.1, 0.15) is 24.6 Å². The number of ketones is 1. The van der Waals surface area contributed by atoms with E-state index in [2.05, 4.69) is 0 Å². The van der Waals surface area contributed by atoms with Crippen LogP contribution in [0.1, 0.15) is 32.3 Å². The van der Waals surface area contributed by atoms with Gasteiger partial charge >= 0.3 is 6.09 Å². The molecular formula is C18H21NO5. The quantitative estimate of drug-likeness (QED) is 0.832. The molecule has 128 valence electrons. The number of piperidine rings is 1. The van der Waals surface area contributed by atoms with E-state index < -0.39 is 11.9 Å². The fourth-order valence-corrected chi connectivity index (χ4v) is 4.02. The molecule has 6 nitrogen and oxygen atoms in total. The van der Waals surface area contributed by atoms with E-state index in [4.69, 9.17) is 14.2 Å². The Kier molecular flexibility index (Phi) is 3.62. The Morgan fingerprint density at radius 1 is 1.17 bits per heavy atom. The predicted octanol–water partition coefficient (Wildman–Crippen LogP) is 2.26. The minimum Gasteiger partial charge on any atom is -0.445 e. The third kappa shape index (κ3) is 2.59. The van der Waals surface area contributed by atoms with Crippen molar-refractivity contribution in [2.45, 2.75) is 63.4 Å². The standard InChI is InChI=1S/C18H21NO5/c1-18(2)23-15-13-8-12(20)9-14(16(15)24-18)19(13)17(21)22-10-11-6-4-3-5-7-11/h3-7,13-16H,8-10H2,1-2H3/t13-,14+,15-,16+. The summed E-state index contributed by atoms with van der Waals surface area (Å²) in [6, 6.07) is 8.94. The molecule has 0 unspecified atom stereocenters. The summed E-state index contributed by atoms with van der Waals surface area (Å²) in [7, 11) is 0. The van der Waals surface area contributed by atoms with Crippen LogP contribution < -0.4 is 0 Å². The van der Waals surface area contributed by atoms with Crippen molar-refractivity contribution < 1.29 is 23.8 Å². The average Bonchev–Trinajstić information content (AvgIpc) is 2.96. The lowest BCUT2D eigenvalue weighted by molar-refractivity contribution is -0.171. The molecule has 0 radical (unpaired) electrons. The molecule has 4 atom stereocenters. The van der Waals surface area contributed by atoms with Crippen molar-refractivity contribution in [1.82, 2.24) is 4.90 Å². The summed E-state index contributed by atoms with van der Waals surface area (Å²) < 4.78 is 17.4. The molecule has 0 aliphatic carbocycles. The van der Waals surface area contributed by atoms with Crippen molar-refractivity contribution in [3.8, 4) is 0 Å². The second-order valence-electron chi connectivity index (χ2n) is 7.09. The molecule has 3 saturated heterocycles. The van der Waals surface area contributed by atoms with Crippen molar-refractivity contribution in [2.24, 2.45) is 0 Å². The van der Waals surface area contributed by atoms with Crippen molar-refractivity contribution >= 4 is 11.9 Å². The minimum atomic E-state index is -0.674. The number of hydrogen-bond acceptors (Lipinski definition) is 5. The molecule has 0 saturated carbocycles. The molecule has 0 N–H and O–H groups in total.